The number of nitrogens with zero attached hydrogens (tertiary/aromatic N) is 3. The Hall–Kier alpha value is -1.62. The summed E-state index contributed by atoms with van der Waals surface area (Å²) in [5.74, 6) is 0.901. The van der Waals surface area contributed by atoms with Gasteiger partial charge in [-0.3, -0.25) is 4.98 Å². The van der Waals surface area contributed by atoms with E-state index in [0.717, 1.165) is 23.3 Å². The molecule has 2 heterocycles. The Morgan fingerprint density at radius 1 is 1.33 bits per heavy atom. The van der Waals surface area contributed by atoms with E-state index in [1.165, 1.54) is 5.56 Å². The summed E-state index contributed by atoms with van der Waals surface area (Å²) in [5, 5.41) is 0. The van der Waals surface area contributed by atoms with E-state index in [9.17, 15) is 0 Å². The summed E-state index contributed by atoms with van der Waals surface area (Å²) >= 11 is 3.48. The number of pyridine rings is 2. The third kappa shape index (κ3) is 3.20. The van der Waals surface area contributed by atoms with Crippen molar-refractivity contribution in [2.24, 2.45) is 0 Å². The third-order valence-corrected chi connectivity index (χ3v) is 3.27. The fourth-order valence-corrected chi connectivity index (χ4v) is 2.35. The van der Waals surface area contributed by atoms with Gasteiger partial charge in [-0.05, 0) is 46.1 Å². The van der Waals surface area contributed by atoms with Gasteiger partial charge in [-0.25, -0.2) is 4.98 Å². The standard InChI is InChI=1S/C13H15BrN4/c1-18(7-4-10-2-5-16-6-3-10)13-12(14)8-11(15)9-17-13/h2-3,5-6,8-9H,4,7,15H2,1H3. The van der Waals surface area contributed by atoms with E-state index in [1.54, 1.807) is 6.20 Å². The lowest BCUT2D eigenvalue weighted by molar-refractivity contribution is 0.856. The summed E-state index contributed by atoms with van der Waals surface area (Å²) < 4.78 is 0.916. The largest absolute Gasteiger partial charge is 0.397 e. The quantitative estimate of drug-likeness (QED) is 0.943. The molecule has 0 saturated heterocycles. The Labute approximate surface area is 115 Å². The van der Waals surface area contributed by atoms with Gasteiger partial charge in [-0.1, -0.05) is 0 Å². The van der Waals surface area contributed by atoms with Crippen molar-refractivity contribution < 1.29 is 0 Å². The minimum Gasteiger partial charge on any atom is -0.397 e. The fourth-order valence-electron chi connectivity index (χ4n) is 1.68. The molecule has 2 N–H and O–H groups in total. The summed E-state index contributed by atoms with van der Waals surface area (Å²) in [6.07, 6.45) is 6.25. The van der Waals surface area contributed by atoms with Gasteiger partial charge in [0.15, 0.2) is 0 Å². The number of hydrogen-bond donors (Lipinski definition) is 1. The highest BCUT2D eigenvalue weighted by molar-refractivity contribution is 9.10. The highest BCUT2D eigenvalue weighted by Crippen LogP contribution is 2.24. The molecule has 5 heteroatoms. The zero-order chi connectivity index (χ0) is 13.0. The van der Waals surface area contributed by atoms with Gasteiger partial charge >= 0.3 is 0 Å². The minimum absolute atomic E-state index is 0.660. The number of nitrogens with two attached hydrogens (primary N) is 1. The molecule has 0 bridgehead atoms. The molecule has 0 aliphatic heterocycles. The molecule has 94 valence electrons. The summed E-state index contributed by atoms with van der Waals surface area (Å²) in [5.41, 5.74) is 7.60. The van der Waals surface area contributed by atoms with Gasteiger partial charge in [0.25, 0.3) is 0 Å². The number of anilines is 2. The number of halogens is 1. The van der Waals surface area contributed by atoms with Crippen LogP contribution in [-0.2, 0) is 6.42 Å². The molecule has 0 spiro atoms. The molecule has 0 atom stereocenters. The van der Waals surface area contributed by atoms with Gasteiger partial charge in [0.2, 0.25) is 0 Å². The molecule has 0 aliphatic rings. The lowest BCUT2D eigenvalue weighted by Crippen LogP contribution is -2.21. The van der Waals surface area contributed by atoms with E-state index in [1.807, 2.05) is 37.6 Å². The zero-order valence-corrected chi connectivity index (χ0v) is 11.8. The van der Waals surface area contributed by atoms with Crippen LogP contribution in [0.5, 0.6) is 0 Å². The highest BCUT2D eigenvalue weighted by atomic mass is 79.9. The average molecular weight is 307 g/mol. The van der Waals surface area contributed by atoms with Crippen molar-refractivity contribution in [1.82, 2.24) is 9.97 Å². The summed E-state index contributed by atoms with van der Waals surface area (Å²) in [6.45, 7) is 0.888. The Bertz CT molecular complexity index is 516. The summed E-state index contributed by atoms with van der Waals surface area (Å²) in [6, 6.07) is 5.92. The van der Waals surface area contributed by atoms with E-state index in [-0.39, 0.29) is 0 Å². The Morgan fingerprint density at radius 3 is 2.72 bits per heavy atom. The van der Waals surface area contributed by atoms with Crippen molar-refractivity contribution in [1.29, 1.82) is 0 Å². The third-order valence-electron chi connectivity index (χ3n) is 2.69. The molecule has 0 aromatic carbocycles. The maximum atomic E-state index is 5.67. The molecule has 18 heavy (non-hydrogen) atoms. The van der Waals surface area contributed by atoms with Crippen LogP contribution in [0.4, 0.5) is 11.5 Å². The van der Waals surface area contributed by atoms with Crippen molar-refractivity contribution >= 4 is 27.4 Å². The molecule has 0 amide bonds. The highest BCUT2D eigenvalue weighted by Gasteiger charge is 2.07. The maximum Gasteiger partial charge on any atom is 0.142 e. The predicted octanol–water partition coefficient (Wildman–Crippen LogP) is 2.50. The van der Waals surface area contributed by atoms with Crippen molar-refractivity contribution in [2.75, 3.05) is 24.2 Å². The van der Waals surface area contributed by atoms with E-state index in [2.05, 4.69) is 30.8 Å². The van der Waals surface area contributed by atoms with Crippen LogP contribution >= 0.6 is 15.9 Å². The van der Waals surface area contributed by atoms with Crippen LogP contribution < -0.4 is 10.6 Å². The number of hydrogen-bond acceptors (Lipinski definition) is 4. The number of nitrogen functional groups attached to an aromatic ring is 1. The van der Waals surface area contributed by atoms with Gasteiger partial charge in [0.1, 0.15) is 5.82 Å². The summed E-state index contributed by atoms with van der Waals surface area (Å²) in [4.78, 5) is 10.4. The molecule has 2 aromatic heterocycles. The normalized spacial score (nSPS) is 10.3. The molecule has 0 unspecified atom stereocenters. The predicted molar refractivity (Wildman–Crippen MR) is 77.6 cm³/mol. The minimum atomic E-state index is 0.660. The Morgan fingerprint density at radius 2 is 2.06 bits per heavy atom. The van der Waals surface area contributed by atoms with Gasteiger partial charge in [0.05, 0.1) is 16.4 Å². The van der Waals surface area contributed by atoms with Crippen molar-refractivity contribution in [2.45, 2.75) is 6.42 Å². The first-order valence-electron chi connectivity index (χ1n) is 5.68. The topological polar surface area (TPSA) is 55.0 Å². The van der Waals surface area contributed by atoms with Crippen LogP contribution in [0.3, 0.4) is 0 Å². The first-order chi connectivity index (χ1) is 8.66. The monoisotopic (exact) mass is 306 g/mol. The second-order valence-electron chi connectivity index (χ2n) is 4.10. The van der Waals surface area contributed by atoms with Crippen molar-refractivity contribution in [3.05, 3.63) is 46.8 Å². The van der Waals surface area contributed by atoms with E-state index < -0.39 is 0 Å². The lowest BCUT2D eigenvalue weighted by atomic mass is 10.2. The molecular weight excluding hydrogens is 292 g/mol. The van der Waals surface area contributed by atoms with E-state index in [0.29, 0.717) is 5.69 Å². The van der Waals surface area contributed by atoms with Crippen LogP contribution in [0.25, 0.3) is 0 Å². The molecule has 4 nitrogen and oxygen atoms in total. The van der Waals surface area contributed by atoms with Gasteiger partial charge in [-0.2, -0.15) is 0 Å². The molecule has 2 aromatic rings. The molecule has 0 radical (unpaired) electrons. The van der Waals surface area contributed by atoms with E-state index in [4.69, 9.17) is 5.73 Å². The van der Waals surface area contributed by atoms with Gasteiger partial charge < -0.3 is 10.6 Å². The first kappa shape index (κ1) is 12.8. The smallest absolute Gasteiger partial charge is 0.142 e. The molecule has 0 fully saturated rings. The van der Waals surface area contributed by atoms with E-state index >= 15 is 0 Å². The summed E-state index contributed by atoms with van der Waals surface area (Å²) in [7, 11) is 2.02. The molecular formula is C13H15BrN4. The first-order valence-corrected chi connectivity index (χ1v) is 6.47. The maximum absolute atomic E-state index is 5.67. The number of rotatable bonds is 4. The average Bonchev–Trinajstić information content (AvgIpc) is 2.37. The molecule has 0 aliphatic carbocycles. The number of aromatic nitrogens is 2. The second-order valence-corrected chi connectivity index (χ2v) is 4.96. The Balaban J connectivity index is 2.01. The van der Waals surface area contributed by atoms with Crippen LogP contribution in [0.15, 0.2) is 41.3 Å². The van der Waals surface area contributed by atoms with Crippen LogP contribution in [0.2, 0.25) is 0 Å². The van der Waals surface area contributed by atoms with Gasteiger partial charge in [-0.15, -0.1) is 0 Å². The molecule has 2 rings (SSSR count). The van der Waals surface area contributed by atoms with Gasteiger partial charge in [0, 0.05) is 26.0 Å². The lowest BCUT2D eigenvalue weighted by Gasteiger charge is -2.19. The molecule has 0 saturated carbocycles. The second kappa shape index (κ2) is 5.82. The SMILES string of the molecule is CN(CCc1ccncc1)c1ncc(N)cc1Br. The zero-order valence-electron chi connectivity index (χ0n) is 10.2. The van der Waals surface area contributed by atoms with Crippen LogP contribution in [0, 0.1) is 0 Å². The fraction of sp³-hybridized carbons (Fsp3) is 0.231. The van der Waals surface area contributed by atoms with Crippen LogP contribution in [-0.4, -0.2) is 23.6 Å². The van der Waals surface area contributed by atoms with Crippen LogP contribution in [0.1, 0.15) is 5.56 Å². The Kier molecular flexibility index (Phi) is 4.15. The number of likely N-dealkylation sites (N-methyl/N-ethyl adjacent to an activating group) is 1. The van der Waals surface area contributed by atoms with Crippen molar-refractivity contribution in [3.8, 4) is 0 Å². The van der Waals surface area contributed by atoms with Crippen molar-refractivity contribution in [3.63, 3.8) is 0 Å².